The number of thiophene rings is 1. The zero-order valence-corrected chi connectivity index (χ0v) is 13.7. The topological polar surface area (TPSA) is 58.2 Å². The SMILES string of the molecule is CCCNCc1csc(S(=O)(=O)NCC2CCCC2)c1. The highest BCUT2D eigenvalue weighted by Crippen LogP contribution is 2.25. The summed E-state index contributed by atoms with van der Waals surface area (Å²) in [5, 5.41) is 5.21. The minimum absolute atomic E-state index is 0.434. The van der Waals surface area contributed by atoms with E-state index < -0.39 is 10.0 Å². The lowest BCUT2D eigenvalue weighted by molar-refractivity contribution is 0.520. The van der Waals surface area contributed by atoms with Gasteiger partial charge in [0.15, 0.2) is 0 Å². The monoisotopic (exact) mass is 316 g/mol. The van der Waals surface area contributed by atoms with E-state index in [0.29, 0.717) is 16.7 Å². The van der Waals surface area contributed by atoms with Gasteiger partial charge in [-0.1, -0.05) is 19.8 Å². The van der Waals surface area contributed by atoms with Crippen molar-refractivity contribution in [3.63, 3.8) is 0 Å². The first-order chi connectivity index (χ1) is 9.62. The lowest BCUT2D eigenvalue weighted by Gasteiger charge is -2.09. The van der Waals surface area contributed by atoms with Crippen LogP contribution >= 0.6 is 11.3 Å². The summed E-state index contributed by atoms with van der Waals surface area (Å²) in [6.07, 6.45) is 5.85. The fraction of sp³-hybridized carbons (Fsp3) is 0.714. The maximum absolute atomic E-state index is 12.2. The summed E-state index contributed by atoms with van der Waals surface area (Å²) < 4.78 is 27.6. The van der Waals surface area contributed by atoms with Crippen molar-refractivity contribution in [2.75, 3.05) is 13.1 Å². The average molecular weight is 316 g/mol. The second-order valence-corrected chi connectivity index (χ2v) is 8.36. The summed E-state index contributed by atoms with van der Waals surface area (Å²) in [6.45, 7) is 4.40. The minimum Gasteiger partial charge on any atom is -0.313 e. The number of rotatable bonds is 8. The number of hydrogen-bond donors (Lipinski definition) is 2. The highest BCUT2D eigenvalue weighted by Gasteiger charge is 2.20. The highest BCUT2D eigenvalue weighted by molar-refractivity contribution is 7.91. The molecule has 1 aromatic heterocycles. The van der Waals surface area contributed by atoms with Crippen LogP contribution < -0.4 is 10.0 Å². The average Bonchev–Trinajstić information content (AvgIpc) is 3.08. The lowest BCUT2D eigenvalue weighted by Crippen LogP contribution is -2.27. The zero-order chi connectivity index (χ0) is 14.4. The molecule has 0 amide bonds. The van der Waals surface area contributed by atoms with Crippen LogP contribution in [0, 0.1) is 5.92 Å². The Morgan fingerprint density at radius 1 is 1.35 bits per heavy atom. The number of hydrogen-bond acceptors (Lipinski definition) is 4. The molecule has 114 valence electrons. The fourth-order valence-electron chi connectivity index (χ4n) is 2.51. The van der Waals surface area contributed by atoms with Gasteiger partial charge in [0.1, 0.15) is 4.21 Å². The summed E-state index contributed by atoms with van der Waals surface area (Å²) >= 11 is 1.31. The molecule has 20 heavy (non-hydrogen) atoms. The third-order valence-electron chi connectivity index (χ3n) is 3.69. The van der Waals surface area contributed by atoms with Crippen LogP contribution in [0.25, 0.3) is 0 Å². The van der Waals surface area contributed by atoms with Crippen molar-refractivity contribution >= 4 is 21.4 Å². The molecule has 6 heteroatoms. The van der Waals surface area contributed by atoms with Crippen molar-refractivity contribution in [1.29, 1.82) is 0 Å². The molecular weight excluding hydrogens is 292 g/mol. The molecule has 1 aliphatic carbocycles. The molecule has 0 unspecified atom stereocenters. The molecule has 2 N–H and O–H groups in total. The van der Waals surface area contributed by atoms with E-state index in [-0.39, 0.29) is 0 Å². The van der Waals surface area contributed by atoms with Crippen LogP contribution in [-0.4, -0.2) is 21.5 Å². The van der Waals surface area contributed by atoms with Crippen molar-refractivity contribution in [3.8, 4) is 0 Å². The van der Waals surface area contributed by atoms with Crippen molar-refractivity contribution in [2.24, 2.45) is 5.92 Å². The Bertz CT molecular complexity index is 505. The van der Waals surface area contributed by atoms with Gasteiger partial charge < -0.3 is 5.32 Å². The zero-order valence-electron chi connectivity index (χ0n) is 12.0. The standard InChI is InChI=1S/C14H24N2O2S2/c1-2-7-15-9-13-8-14(19-11-13)20(17,18)16-10-12-5-3-4-6-12/h8,11-12,15-16H,2-7,9-10H2,1H3. The van der Waals surface area contributed by atoms with E-state index in [4.69, 9.17) is 0 Å². The summed E-state index contributed by atoms with van der Waals surface area (Å²) in [5.41, 5.74) is 1.05. The second-order valence-electron chi connectivity index (χ2n) is 5.45. The lowest BCUT2D eigenvalue weighted by atomic mass is 10.1. The molecule has 0 radical (unpaired) electrons. The molecule has 1 aromatic rings. The molecule has 0 aliphatic heterocycles. The largest absolute Gasteiger partial charge is 0.313 e. The summed E-state index contributed by atoms with van der Waals surface area (Å²) in [4.78, 5) is 0. The summed E-state index contributed by atoms with van der Waals surface area (Å²) in [5.74, 6) is 0.524. The minimum atomic E-state index is -3.32. The predicted octanol–water partition coefficient (Wildman–Crippen LogP) is 2.72. The third-order valence-corrected chi connectivity index (χ3v) is 6.60. The van der Waals surface area contributed by atoms with E-state index >= 15 is 0 Å². The van der Waals surface area contributed by atoms with Crippen LogP contribution in [0.15, 0.2) is 15.7 Å². The summed E-state index contributed by atoms with van der Waals surface area (Å²) in [6, 6.07) is 1.78. The molecule has 0 aromatic carbocycles. The normalized spacial score (nSPS) is 16.9. The van der Waals surface area contributed by atoms with Gasteiger partial charge in [-0.2, -0.15) is 0 Å². The van der Waals surface area contributed by atoms with E-state index in [9.17, 15) is 8.42 Å². The van der Waals surface area contributed by atoms with E-state index in [0.717, 1.165) is 37.9 Å². The van der Waals surface area contributed by atoms with Crippen molar-refractivity contribution in [3.05, 3.63) is 17.0 Å². The second kappa shape index (κ2) is 7.54. The highest BCUT2D eigenvalue weighted by atomic mass is 32.2. The Labute approximate surface area is 126 Å². The molecule has 2 rings (SSSR count). The third kappa shape index (κ3) is 4.55. The Hall–Kier alpha value is -0.430. The van der Waals surface area contributed by atoms with Crippen molar-refractivity contribution in [1.82, 2.24) is 10.0 Å². The predicted molar refractivity (Wildman–Crippen MR) is 83.5 cm³/mol. The van der Waals surface area contributed by atoms with Gasteiger partial charge in [0.25, 0.3) is 0 Å². The maximum Gasteiger partial charge on any atom is 0.250 e. The van der Waals surface area contributed by atoms with Crippen LogP contribution in [0.2, 0.25) is 0 Å². The van der Waals surface area contributed by atoms with Gasteiger partial charge in [-0.25, -0.2) is 13.1 Å². The van der Waals surface area contributed by atoms with Gasteiger partial charge in [-0.15, -0.1) is 11.3 Å². The Morgan fingerprint density at radius 3 is 2.80 bits per heavy atom. The Balaban J connectivity index is 1.88. The smallest absolute Gasteiger partial charge is 0.250 e. The molecule has 0 bridgehead atoms. The van der Waals surface area contributed by atoms with Gasteiger partial charge in [-0.05, 0) is 48.7 Å². The van der Waals surface area contributed by atoms with Gasteiger partial charge in [0.2, 0.25) is 10.0 Å². The first kappa shape index (κ1) is 15.9. The van der Waals surface area contributed by atoms with E-state index in [1.54, 1.807) is 6.07 Å². The molecular formula is C14H24N2O2S2. The Morgan fingerprint density at radius 2 is 2.10 bits per heavy atom. The molecule has 1 aliphatic rings. The molecule has 1 fully saturated rings. The van der Waals surface area contributed by atoms with Crippen LogP contribution in [-0.2, 0) is 16.6 Å². The fourth-order valence-corrected chi connectivity index (χ4v) is 4.88. The molecule has 0 atom stereocenters. The molecule has 1 heterocycles. The first-order valence-electron chi connectivity index (χ1n) is 7.39. The molecule has 0 spiro atoms. The molecule has 0 saturated heterocycles. The molecule has 4 nitrogen and oxygen atoms in total. The van der Waals surface area contributed by atoms with Gasteiger partial charge in [-0.3, -0.25) is 0 Å². The first-order valence-corrected chi connectivity index (χ1v) is 9.76. The van der Waals surface area contributed by atoms with Crippen LogP contribution in [0.4, 0.5) is 0 Å². The van der Waals surface area contributed by atoms with E-state index in [1.165, 1.54) is 24.2 Å². The van der Waals surface area contributed by atoms with E-state index in [1.807, 2.05) is 5.38 Å². The quantitative estimate of drug-likeness (QED) is 0.725. The molecule has 1 saturated carbocycles. The number of nitrogens with one attached hydrogen (secondary N) is 2. The maximum atomic E-state index is 12.2. The number of sulfonamides is 1. The van der Waals surface area contributed by atoms with Gasteiger partial charge >= 0.3 is 0 Å². The van der Waals surface area contributed by atoms with Crippen molar-refractivity contribution in [2.45, 2.75) is 49.8 Å². The summed E-state index contributed by atoms with van der Waals surface area (Å²) in [7, 11) is -3.32. The van der Waals surface area contributed by atoms with Crippen LogP contribution in [0.5, 0.6) is 0 Å². The van der Waals surface area contributed by atoms with Crippen LogP contribution in [0.3, 0.4) is 0 Å². The van der Waals surface area contributed by atoms with Crippen molar-refractivity contribution < 1.29 is 8.42 Å². The van der Waals surface area contributed by atoms with Gasteiger partial charge in [0, 0.05) is 13.1 Å². The Kier molecular flexibility index (Phi) is 6.01. The van der Waals surface area contributed by atoms with E-state index in [2.05, 4.69) is 17.0 Å². The van der Waals surface area contributed by atoms with Gasteiger partial charge in [0.05, 0.1) is 0 Å². The van der Waals surface area contributed by atoms with Crippen LogP contribution in [0.1, 0.15) is 44.6 Å².